The number of imide groups is 1. The van der Waals surface area contributed by atoms with Crippen LogP contribution in [0.5, 0.6) is 0 Å². The molecule has 100 valence electrons. The summed E-state index contributed by atoms with van der Waals surface area (Å²) in [6, 6.07) is 10.2. The van der Waals surface area contributed by atoms with Crippen LogP contribution in [0.4, 0.5) is 0 Å². The van der Waals surface area contributed by atoms with E-state index in [1.165, 1.54) is 16.3 Å². The molecule has 1 aromatic carbocycles. The molecule has 1 aromatic rings. The average Bonchev–Trinajstić information content (AvgIpc) is 2.87. The predicted octanol–water partition coefficient (Wildman–Crippen LogP) is 1.19. The van der Waals surface area contributed by atoms with Gasteiger partial charge in [0.2, 0.25) is 0 Å². The Hall–Kier alpha value is -0.831. The molecule has 5 heteroatoms. The molecule has 1 aliphatic heterocycles. The normalized spacial score (nSPS) is 32.9. The number of amides is 2. The number of carbonyl (C=O) groups excluding carboxylic acids is 2. The molecule has 3 rings (SSSR count). The van der Waals surface area contributed by atoms with E-state index in [0.29, 0.717) is 0 Å². The Balaban J connectivity index is 1.83. The Labute approximate surface area is 123 Å². The number of hydrogen-bond acceptors (Lipinski definition) is 2. The number of halogens is 1. The third-order valence-corrected chi connectivity index (χ3v) is 7.72. The van der Waals surface area contributed by atoms with Crippen molar-refractivity contribution in [1.82, 2.24) is 4.90 Å². The summed E-state index contributed by atoms with van der Waals surface area (Å²) in [5.74, 6) is -0.376. The van der Waals surface area contributed by atoms with Crippen molar-refractivity contribution >= 4 is 42.8 Å². The van der Waals surface area contributed by atoms with Crippen molar-refractivity contribution in [1.29, 1.82) is 0 Å². The summed E-state index contributed by atoms with van der Waals surface area (Å²) in [6.07, 6.45) is 0.742. The Morgan fingerprint density at radius 2 is 2.05 bits per heavy atom. The zero-order valence-corrected chi connectivity index (χ0v) is 12.9. The van der Waals surface area contributed by atoms with E-state index in [-0.39, 0.29) is 48.9 Å². The number of rotatable bonds is 2. The zero-order chi connectivity index (χ0) is 13.6. The van der Waals surface area contributed by atoms with Gasteiger partial charge >= 0.3 is 123 Å². The summed E-state index contributed by atoms with van der Waals surface area (Å²) in [5, 5.41) is -0.117. The average molecular weight is 343 g/mol. The van der Waals surface area contributed by atoms with Gasteiger partial charge in [0.1, 0.15) is 0 Å². The van der Waals surface area contributed by atoms with E-state index in [4.69, 9.17) is 11.6 Å². The molecule has 1 heterocycles. The summed E-state index contributed by atoms with van der Waals surface area (Å²) >= 11 is 6.64. The van der Waals surface area contributed by atoms with Crippen molar-refractivity contribution in [3.05, 3.63) is 30.3 Å². The van der Waals surface area contributed by atoms with Crippen LogP contribution in [0, 0.1) is 5.92 Å². The Bertz CT molecular complexity index is 521. The van der Waals surface area contributed by atoms with Gasteiger partial charge in [0.15, 0.2) is 0 Å². The molecule has 0 spiro atoms. The quantitative estimate of drug-likeness (QED) is 0.598. The van der Waals surface area contributed by atoms with Gasteiger partial charge in [-0.1, -0.05) is 0 Å². The van der Waals surface area contributed by atoms with Crippen LogP contribution < -0.4 is 4.46 Å². The maximum absolute atomic E-state index is 12.0. The molecule has 0 N–H and O–H groups in total. The van der Waals surface area contributed by atoms with Gasteiger partial charge in [-0.25, -0.2) is 0 Å². The fourth-order valence-corrected chi connectivity index (χ4v) is 6.44. The van der Waals surface area contributed by atoms with Gasteiger partial charge in [0, 0.05) is 0 Å². The van der Waals surface area contributed by atoms with E-state index in [1.807, 2.05) is 18.2 Å². The van der Waals surface area contributed by atoms with Crippen LogP contribution in [0.1, 0.15) is 13.3 Å². The molecule has 2 fully saturated rings. The molecule has 19 heavy (non-hydrogen) atoms. The molecule has 1 saturated heterocycles. The molecule has 2 amide bonds. The van der Waals surface area contributed by atoms with Gasteiger partial charge in [-0.15, -0.1) is 0 Å². The SMILES string of the molecule is CC(=O)N1C(=O)[C@@H]2C[C@H]1[C@H]([Se]c1ccccc1)[C@H]2Cl. The van der Waals surface area contributed by atoms with Crippen LogP contribution in [0.3, 0.4) is 0 Å². The fraction of sp³-hybridized carbons (Fsp3) is 0.429. The van der Waals surface area contributed by atoms with Gasteiger partial charge in [0.05, 0.1) is 0 Å². The van der Waals surface area contributed by atoms with E-state index in [1.54, 1.807) is 0 Å². The summed E-state index contributed by atoms with van der Waals surface area (Å²) in [4.78, 5) is 25.3. The second kappa shape index (κ2) is 4.93. The number of fused-ring (bicyclic) bond motifs is 2. The van der Waals surface area contributed by atoms with Crippen molar-refractivity contribution in [3.8, 4) is 0 Å². The molecule has 2 aliphatic rings. The van der Waals surface area contributed by atoms with E-state index in [2.05, 4.69) is 12.1 Å². The first kappa shape index (κ1) is 13.2. The van der Waals surface area contributed by atoms with Crippen molar-refractivity contribution in [2.75, 3.05) is 0 Å². The van der Waals surface area contributed by atoms with Crippen LogP contribution in [-0.4, -0.2) is 43.1 Å². The molecule has 1 saturated carbocycles. The van der Waals surface area contributed by atoms with Crippen molar-refractivity contribution in [2.45, 2.75) is 29.6 Å². The maximum atomic E-state index is 12.0. The first-order valence-electron chi connectivity index (χ1n) is 6.29. The monoisotopic (exact) mass is 343 g/mol. The first-order valence-corrected chi connectivity index (χ1v) is 8.57. The summed E-state index contributed by atoms with van der Waals surface area (Å²) in [5.41, 5.74) is 0. The van der Waals surface area contributed by atoms with Crippen molar-refractivity contribution in [3.63, 3.8) is 0 Å². The second-order valence-corrected chi connectivity index (χ2v) is 8.11. The van der Waals surface area contributed by atoms with Gasteiger partial charge in [0.25, 0.3) is 0 Å². The molecular weight excluding hydrogens is 329 g/mol. The number of piperidine rings is 1. The molecule has 0 unspecified atom stereocenters. The van der Waals surface area contributed by atoms with Crippen LogP contribution in [0.25, 0.3) is 0 Å². The van der Waals surface area contributed by atoms with Crippen LogP contribution in [0.15, 0.2) is 30.3 Å². The standard InChI is InChI=1S/C14H14ClNO2Se/c1-8(17)16-11-7-10(14(16)18)12(15)13(11)19-9-5-3-2-4-6-9/h2-6,10-13H,7H2,1H3/t10-,11+,12+,13+/m1/s1. The third kappa shape index (κ3) is 2.12. The first-order chi connectivity index (χ1) is 9.09. The topological polar surface area (TPSA) is 37.4 Å². The molecule has 2 bridgehead atoms. The zero-order valence-electron chi connectivity index (χ0n) is 10.5. The summed E-state index contributed by atoms with van der Waals surface area (Å²) in [7, 11) is 0. The number of nitrogens with zero attached hydrogens (tertiary/aromatic N) is 1. The van der Waals surface area contributed by atoms with Gasteiger partial charge in [-0.3, -0.25) is 0 Å². The number of alkyl halides is 1. The Kier molecular flexibility index (Phi) is 3.42. The molecule has 0 radical (unpaired) electrons. The second-order valence-electron chi connectivity index (χ2n) is 4.98. The summed E-state index contributed by atoms with van der Waals surface area (Å²) < 4.78 is 1.27. The number of benzene rings is 1. The predicted molar refractivity (Wildman–Crippen MR) is 74.6 cm³/mol. The summed E-state index contributed by atoms with van der Waals surface area (Å²) in [6.45, 7) is 1.47. The van der Waals surface area contributed by atoms with Crippen LogP contribution >= 0.6 is 11.6 Å². The van der Waals surface area contributed by atoms with Crippen LogP contribution in [-0.2, 0) is 9.59 Å². The minimum absolute atomic E-state index is 0.0118. The van der Waals surface area contributed by atoms with Gasteiger partial charge in [-0.2, -0.15) is 0 Å². The molecule has 3 nitrogen and oxygen atoms in total. The Morgan fingerprint density at radius 3 is 2.63 bits per heavy atom. The third-order valence-electron chi connectivity index (χ3n) is 3.81. The molecule has 0 aromatic heterocycles. The minimum atomic E-state index is -0.161. The van der Waals surface area contributed by atoms with Crippen LogP contribution in [0.2, 0.25) is 4.82 Å². The van der Waals surface area contributed by atoms with E-state index >= 15 is 0 Å². The number of hydrogen-bond donors (Lipinski definition) is 0. The van der Waals surface area contributed by atoms with E-state index in [0.717, 1.165) is 6.42 Å². The van der Waals surface area contributed by atoms with Gasteiger partial charge in [-0.05, 0) is 0 Å². The molecular formula is C14H14ClNO2Se. The van der Waals surface area contributed by atoms with Gasteiger partial charge < -0.3 is 0 Å². The van der Waals surface area contributed by atoms with E-state index in [9.17, 15) is 9.59 Å². The Morgan fingerprint density at radius 1 is 1.37 bits per heavy atom. The van der Waals surface area contributed by atoms with Crippen molar-refractivity contribution in [2.24, 2.45) is 5.92 Å². The molecule has 4 atom stereocenters. The van der Waals surface area contributed by atoms with Crippen molar-refractivity contribution < 1.29 is 9.59 Å². The molecule has 1 aliphatic carbocycles. The fourth-order valence-electron chi connectivity index (χ4n) is 2.99. The van der Waals surface area contributed by atoms with E-state index < -0.39 is 0 Å². The number of likely N-dealkylation sites (tertiary alicyclic amines) is 1. The number of carbonyl (C=O) groups is 2.